The van der Waals surface area contributed by atoms with Gasteiger partial charge in [-0.15, -0.1) is 11.8 Å². The number of hydrogen-bond acceptors (Lipinski definition) is 13. The number of nitrogens with one attached hydrogen (secondary N) is 3. The van der Waals surface area contributed by atoms with Crippen molar-refractivity contribution >= 4 is 40.3 Å². The lowest BCUT2D eigenvalue weighted by Gasteiger charge is -2.68. The Hall–Kier alpha value is -4.63. The Morgan fingerprint density at radius 1 is 1.11 bits per heavy atom. The molecule has 9 heterocycles. The summed E-state index contributed by atoms with van der Waals surface area (Å²) < 4.78 is 31.2. The molecular formula is C43H47N5O8S. The zero-order valence-electron chi connectivity index (χ0n) is 33.1. The van der Waals surface area contributed by atoms with Crippen molar-refractivity contribution in [1.82, 2.24) is 20.1 Å². The maximum atomic E-state index is 15.0. The van der Waals surface area contributed by atoms with Crippen molar-refractivity contribution in [2.45, 2.75) is 94.0 Å². The number of aromatic nitrogens is 1. The van der Waals surface area contributed by atoms with Crippen LogP contribution in [-0.4, -0.2) is 89.8 Å². The third-order valence-corrected chi connectivity index (χ3v) is 15.8. The van der Waals surface area contributed by atoms with E-state index in [0.717, 1.165) is 68.5 Å². The molecule has 0 amide bonds. The molecule has 8 aliphatic heterocycles. The molecule has 0 radical (unpaired) electrons. The summed E-state index contributed by atoms with van der Waals surface area (Å²) in [5.41, 5.74) is 7.64. The fourth-order valence-electron chi connectivity index (χ4n) is 12.0. The van der Waals surface area contributed by atoms with Crippen LogP contribution in [0, 0.1) is 13.8 Å². The number of anilines is 1. The van der Waals surface area contributed by atoms with Crippen molar-refractivity contribution in [3.05, 3.63) is 68.9 Å². The minimum Gasteiger partial charge on any atom is -0.504 e. The van der Waals surface area contributed by atoms with E-state index in [1.807, 2.05) is 27.0 Å². The van der Waals surface area contributed by atoms with Crippen molar-refractivity contribution in [1.29, 1.82) is 0 Å². The Bertz CT molecular complexity index is 2470. The second-order valence-electron chi connectivity index (χ2n) is 17.0. The number of thioether (sulfide) groups is 1. The molecule has 1 spiro atoms. The quantitative estimate of drug-likeness (QED) is 0.148. The van der Waals surface area contributed by atoms with Gasteiger partial charge in [-0.25, -0.2) is 4.79 Å². The molecule has 1 unspecified atom stereocenters. The van der Waals surface area contributed by atoms with Crippen molar-refractivity contribution < 1.29 is 38.4 Å². The predicted molar refractivity (Wildman–Crippen MR) is 214 cm³/mol. The van der Waals surface area contributed by atoms with E-state index >= 15 is 0 Å². The number of fused-ring (bicyclic) bond motifs is 10. The Balaban J connectivity index is 1.17. The molecule has 8 atom stereocenters. The number of carbonyl (C=O) groups is 2. The van der Waals surface area contributed by atoms with Crippen molar-refractivity contribution in [2.75, 3.05) is 45.2 Å². The molecular weight excluding hydrogens is 747 g/mol. The van der Waals surface area contributed by atoms with Gasteiger partial charge < -0.3 is 39.1 Å². The number of ether oxygens (including phenoxy) is 5. The van der Waals surface area contributed by atoms with Gasteiger partial charge in [-0.2, -0.15) is 0 Å². The summed E-state index contributed by atoms with van der Waals surface area (Å²) in [5.74, 6) is 1.79. The third kappa shape index (κ3) is 4.36. The van der Waals surface area contributed by atoms with E-state index < -0.39 is 17.6 Å². The number of aromatic amines is 1. The van der Waals surface area contributed by atoms with Crippen molar-refractivity contribution in [3.8, 4) is 28.7 Å². The van der Waals surface area contributed by atoms with Gasteiger partial charge in [0.15, 0.2) is 28.5 Å². The van der Waals surface area contributed by atoms with Gasteiger partial charge in [0, 0.05) is 88.8 Å². The summed E-state index contributed by atoms with van der Waals surface area (Å²) in [4.78, 5) is 36.8. The molecule has 0 saturated carbocycles. The van der Waals surface area contributed by atoms with E-state index in [2.05, 4.69) is 57.5 Å². The summed E-state index contributed by atoms with van der Waals surface area (Å²) in [6.07, 6.45) is 1.65. The number of hydrogen-bond donors (Lipinski definition) is 4. The highest BCUT2D eigenvalue weighted by atomic mass is 32.2. The van der Waals surface area contributed by atoms with E-state index in [-0.39, 0.29) is 60.1 Å². The molecule has 57 heavy (non-hydrogen) atoms. The van der Waals surface area contributed by atoms with E-state index in [1.165, 1.54) is 6.92 Å². The normalized spacial score (nSPS) is 31.8. The van der Waals surface area contributed by atoms with Crippen LogP contribution in [0.3, 0.4) is 0 Å². The molecule has 298 valence electrons. The minimum atomic E-state index is -1.20. The van der Waals surface area contributed by atoms with E-state index in [4.69, 9.17) is 23.7 Å². The zero-order valence-corrected chi connectivity index (χ0v) is 33.9. The van der Waals surface area contributed by atoms with Gasteiger partial charge in [0.1, 0.15) is 12.4 Å². The monoisotopic (exact) mass is 793 g/mol. The molecule has 4 N–H and O–H groups in total. The Morgan fingerprint density at radius 2 is 1.91 bits per heavy atom. The average molecular weight is 794 g/mol. The molecule has 3 saturated heterocycles. The van der Waals surface area contributed by atoms with E-state index in [9.17, 15) is 14.7 Å². The lowest BCUT2D eigenvalue weighted by atomic mass is 9.70. The highest BCUT2D eigenvalue weighted by Crippen LogP contribution is 2.71. The average Bonchev–Trinajstić information content (AvgIpc) is 3.88. The van der Waals surface area contributed by atoms with Gasteiger partial charge >= 0.3 is 11.9 Å². The van der Waals surface area contributed by atoms with Gasteiger partial charge in [0.2, 0.25) is 6.79 Å². The first-order valence-electron chi connectivity index (χ1n) is 19.9. The maximum Gasteiger partial charge on any atom is 0.333 e. The highest BCUT2D eigenvalue weighted by molar-refractivity contribution is 7.99. The summed E-state index contributed by atoms with van der Waals surface area (Å²) >= 11 is 1.67. The number of nitrogens with zero attached hydrogens (tertiary/aromatic N) is 2. The van der Waals surface area contributed by atoms with Crippen molar-refractivity contribution in [3.63, 3.8) is 0 Å². The van der Waals surface area contributed by atoms with Crippen LogP contribution in [0.15, 0.2) is 24.3 Å². The number of carbonyl (C=O) groups excluding carboxylic acids is 2. The third-order valence-electron chi connectivity index (χ3n) is 14.3. The number of piperazine rings is 1. The van der Waals surface area contributed by atoms with Crippen LogP contribution in [0.1, 0.15) is 89.2 Å². The molecule has 2 bridgehead atoms. The smallest absolute Gasteiger partial charge is 0.333 e. The molecule has 12 rings (SSSR count). The number of esters is 2. The van der Waals surface area contributed by atoms with Crippen LogP contribution in [0.4, 0.5) is 5.69 Å². The number of phenols is 1. The first-order valence-corrected chi connectivity index (χ1v) is 21.0. The maximum absolute atomic E-state index is 15.0. The Morgan fingerprint density at radius 3 is 2.68 bits per heavy atom. The SMILES string of the molecule is CNc1ccc2[nH]c3c(c2c1)CCN[C@]31CS[C@@H]2c3c(OC(C)=O)c(C)c4c(c3[C@H](COC1=O)N1[C@@H]2[C@@H]2c3c(cc(C)c(OC)c3O)C3(C)C[C@H]([C@@H]1C)N23)OCO4. The lowest BCUT2D eigenvalue weighted by Crippen LogP contribution is -2.75. The van der Waals surface area contributed by atoms with Gasteiger partial charge in [-0.05, 0) is 81.5 Å². The van der Waals surface area contributed by atoms with Gasteiger partial charge in [-0.3, -0.25) is 19.9 Å². The second kappa shape index (κ2) is 12.0. The number of aryl methyl sites for hydroxylation is 1. The number of H-pyrrole nitrogens is 1. The molecule has 3 aromatic carbocycles. The molecule has 8 aliphatic rings. The molecule has 1 aromatic heterocycles. The van der Waals surface area contributed by atoms with E-state index in [1.54, 1.807) is 18.9 Å². The number of methoxy groups -OCH3 is 1. The fourth-order valence-corrected chi connectivity index (χ4v) is 13.7. The summed E-state index contributed by atoms with van der Waals surface area (Å²) in [7, 11) is 3.51. The van der Waals surface area contributed by atoms with Gasteiger partial charge in [0.05, 0.1) is 30.1 Å². The second-order valence-corrected chi connectivity index (χ2v) is 18.1. The van der Waals surface area contributed by atoms with Crippen LogP contribution in [-0.2, 0) is 31.8 Å². The molecule has 0 aliphatic carbocycles. The Labute approximate surface area is 334 Å². The van der Waals surface area contributed by atoms with Crippen LogP contribution in [0.2, 0.25) is 0 Å². The van der Waals surface area contributed by atoms with Crippen LogP contribution >= 0.6 is 11.8 Å². The predicted octanol–water partition coefficient (Wildman–Crippen LogP) is 5.74. The number of benzene rings is 3. The van der Waals surface area contributed by atoms with Crippen LogP contribution < -0.4 is 29.6 Å². The minimum absolute atomic E-state index is 0.0259. The van der Waals surface area contributed by atoms with Gasteiger partial charge in [0.25, 0.3) is 0 Å². The number of aromatic hydroxyl groups is 1. The number of phenolic OH excluding ortho intramolecular Hbond substituents is 1. The molecule has 14 heteroatoms. The number of rotatable bonds is 3. The van der Waals surface area contributed by atoms with Crippen molar-refractivity contribution in [2.24, 2.45) is 0 Å². The fraction of sp³-hybridized carbons (Fsp3) is 0.488. The Kier molecular flexibility index (Phi) is 7.46. The van der Waals surface area contributed by atoms with Crippen LogP contribution in [0.5, 0.6) is 28.7 Å². The summed E-state index contributed by atoms with van der Waals surface area (Å²) in [6, 6.07) is 7.61. The highest BCUT2D eigenvalue weighted by Gasteiger charge is 2.70. The van der Waals surface area contributed by atoms with Gasteiger partial charge in [-0.1, -0.05) is 0 Å². The summed E-state index contributed by atoms with van der Waals surface area (Å²) in [6.45, 7) is 10.5. The standard InChI is InChI=1S/C43H47N5O8S/c1-18-12-25-29(34(50)35(18)52-7)32-33-39-31-30(38-37(54-17-55-38)19(2)36(31)56-21(4)49)28(47(33)20(3)27-14-42(25,5)48(27)32)15-53-41(51)43(16-57-39)40-23(10-11-45-43)24-13-22(44-6)8-9-26(24)46-40/h8-9,12-13,20,27-28,32-33,39,44-46,50H,10-11,14-17H2,1-7H3/t20-,27+,28-,32-,33+,39+,42?,43+/m0/s1. The first kappa shape index (κ1) is 35.5. The molecule has 4 aromatic rings. The largest absolute Gasteiger partial charge is 0.504 e. The molecule has 3 fully saturated rings. The topological polar surface area (TPSA) is 147 Å². The lowest BCUT2D eigenvalue weighted by molar-refractivity contribution is -0.195. The first-order chi connectivity index (χ1) is 27.4. The zero-order chi connectivity index (χ0) is 39.4. The van der Waals surface area contributed by atoms with E-state index in [0.29, 0.717) is 40.9 Å². The summed E-state index contributed by atoms with van der Waals surface area (Å²) in [5, 5.41) is 19.9. The van der Waals surface area contributed by atoms with Crippen LogP contribution in [0.25, 0.3) is 10.9 Å². The molecule has 13 nitrogen and oxygen atoms in total.